The van der Waals surface area contributed by atoms with E-state index in [-0.39, 0.29) is 0 Å². The van der Waals surface area contributed by atoms with Crippen molar-refractivity contribution in [3.63, 3.8) is 0 Å². The number of hydrogen-bond acceptors (Lipinski definition) is 1. The lowest BCUT2D eigenvalue weighted by Crippen LogP contribution is -2.32. The molecule has 0 amide bonds. The average Bonchev–Trinajstić information content (AvgIpc) is 2.38. The Morgan fingerprint density at radius 2 is 1.32 bits per heavy atom. The minimum atomic E-state index is -0.530. The highest BCUT2D eigenvalue weighted by atomic mass is 35.5. The molecule has 0 aromatic rings. The lowest BCUT2D eigenvalue weighted by Gasteiger charge is -2.28. The number of allylic oxidation sites excluding steroid dienone is 6. The van der Waals surface area contributed by atoms with Gasteiger partial charge in [-0.15, -0.1) is 23.2 Å². The number of ether oxygens (including phenoxy) is 1. The largest absolute Gasteiger partial charge is 0.377 e. The van der Waals surface area contributed by atoms with Crippen LogP contribution in [-0.4, -0.2) is 23.0 Å². The average molecular weight is 340 g/mol. The highest BCUT2D eigenvalue weighted by molar-refractivity contribution is 6.32. The van der Waals surface area contributed by atoms with Gasteiger partial charge >= 0.3 is 0 Å². The molecular formula is C14H14Cl4O. The second-order valence-electron chi connectivity index (χ2n) is 4.81. The zero-order valence-electron chi connectivity index (χ0n) is 10.2. The molecule has 0 saturated heterocycles. The molecule has 19 heavy (non-hydrogen) atoms. The second-order valence-corrected chi connectivity index (χ2v) is 7.19. The van der Waals surface area contributed by atoms with E-state index in [0.717, 1.165) is 0 Å². The molecule has 104 valence electrons. The summed E-state index contributed by atoms with van der Waals surface area (Å²) in [5, 5.41) is 1.42. The maximum Gasteiger partial charge on any atom is 0.0897 e. The van der Waals surface area contributed by atoms with E-state index in [1.165, 1.54) is 0 Å². The normalized spacial score (nSPS) is 34.1. The quantitative estimate of drug-likeness (QED) is 0.645. The molecule has 0 N–H and O–H groups in total. The van der Waals surface area contributed by atoms with Crippen LogP contribution in [0.4, 0.5) is 0 Å². The van der Waals surface area contributed by atoms with Gasteiger partial charge in [-0.25, -0.2) is 0 Å². The van der Waals surface area contributed by atoms with Crippen molar-refractivity contribution in [2.45, 2.75) is 22.6 Å². The molecule has 2 aliphatic carbocycles. The van der Waals surface area contributed by atoms with Crippen LogP contribution in [0.15, 0.2) is 46.5 Å². The van der Waals surface area contributed by atoms with Gasteiger partial charge in [0, 0.05) is 10.1 Å². The summed E-state index contributed by atoms with van der Waals surface area (Å²) >= 11 is 24.6. The first-order valence-electron chi connectivity index (χ1n) is 5.96. The topological polar surface area (TPSA) is 9.23 Å². The minimum absolute atomic E-state index is 0.394. The van der Waals surface area contributed by atoms with Crippen molar-refractivity contribution in [1.29, 1.82) is 0 Å². The molecule has 0 saturated carbocycles. The van der Waals surface area contributed by atoms with E-state index >= 15 is 0 Å². The molecule has 1 nitrogen and oxygen atoms in total. The zero-order chi connectivity index (χ0) is 13.9. The van der Waals surface area contributed by atoms with Gasteiger partial charge in [-0.2, -0.15) is 0 Å². The van der Waals surface area contributed by atoms with E-state index in [9.17, 15) is 0 Å². The smallest absolute Gasteiger partial charge is 0.0897 e. The molecule has 0 radical (unpaired) electrons. The predicted octanol–water partition coefficient (Wildman–Crippen LogP) is 5.12. The summed E-state index contributed by atoms with van der Waals surface area (Å²) in [6.45, 7) is 0.789. The van der Waals surface area contributed by atoms with Gasteiger partial charge in [-0.1, -0.05) is 47.5 Å². The molecule has 0 aromatic carbocycles. The van der Waals surface area contributed by atoms with Gasteiger partial charge in [-0.3, -0.25) is 0 Å². The van der Waals surface area contributed by atoms with Gasteiger partial charge in [0.05, 0.1) is 23.0 Å². The molecular weight excluding hydrogens is 326 g/mol. The van der Waals surface area contributed by atoms with Crippen LogP contribution >= 0.6 is 46.4 Å². The first-order valence-corrected chi connectivity index (χ1v) is 7.47. The van der Waals surface area contributed by atoms with Crippen molar-refractivity contribution in [3.05, 3.63) is 46.5 Å². The number of hydrogen-bond donors (Lipinski definition) is 0. The maximum atomic E-state index is 6.42. The van der Waals surface area contributed by atoms with Crippen LogP contribution in [0.25, 0.3) is 0 Å². The molecule has 0 aliphatic heterocycles. The van der Waals surface area contributed by atoms with Gasteiger partial charge in [-0.05, 0) is 25.0 Å². The van der Waals surface area contributed by atoms with E-state index in [2.05, 4.69) is 0 Å². The first kappa shape index (κ1) is 15.5. The van der Waals surface area contributed by atoms with Crippen molar-refractivity contribution in [2.75, 3.05) is 13.2 Å². The van der Waals surface area contributed by atoms with Crippen LogP contribution in [0.1, 0.15) is 12.8 Å². The van der Waals surface area contributed by atoms with Crippen LogP contribution in [0.5, 0.6) is 0 Å². The van der Waals surface area contributed by atoms with E-state index in [1.807, 2.05) is 24.3 Å². The molecule has 0 fully saturated rings. The molecule has 2 atom stereocenters. The monoisotopic (exact) mass is 338 g/mol. The highest BCUT2D eigenvalue weighted by Crippen LogP contribution is 2.32. The highest BCUT2D eigenvalue weighted by Gasteiger charge is 2.29. The summed E-state index contributed by atoms with van der Waals surface area (Å²) in [7, 11) is 0. The first-order chi connectivity index (χ1) is 8.91. The summed E-state index contributed by atoms with van der Waals surface area (Å²) < 4.78 is 5.68. The standard InChI is InChI=1S/C14H14Cl4O/c15-11-1-5-13(17,6-2-11)9-19-10-14(18)7-3-12(16)4-8-14/h1-5,7H,6,8-10H2. The van der Waals surface area contributed by atoms with E-state index in [0.29, 0.717) is 36.1 Å². The Kier molecular flexibility index (Phi) is 5.08. The Bertz CT molecular complexity index is 424. The molecule has 0 spiro atoms. The summed E-state index contributed by atoms with van der Waals surface area (Å²) in [5.41, 5.74) is 0. The number of halogens is 4. The molecule has 2 unspecified atom stereocenters. The summed E-state index contributed by atoms with van der Waals surface area (Å²) in [5.74, 6) is 0. The van der Waals surface area contributed by atoms with Gasteiger partial charge in [0.15, 0.2) is 0 Å². The molecule has 5 heteroatoms. The van der Waals surface area contributed by atoms with Crippen LogP contribution < -0.4 is 0 Å². The number of rotatable bonds is 4. The van der Waals surface area contributed by atoms with Gasteiger partial charge in [0.1, 0.15) is 0 Å². The third-order valence-corrected chi connectivity index (χ3v) is 4.38. The Labute approximate surface area is 133 Å². The Morgan fingerprint density at radius 1 is 0.895 bits per heavy atom. The van der Waals surface area contributed by atoms with Crippen molar-refractivity contribution < 1.29 is 4.74 Å². The molecule has 2 aliphatic rings. The Hall–Kier alpha value is 0.0800. The number of alkyl halides is 2. The van der Waals surface area contributed by atoms with Crippen molar-refractivity contribution in [1.82, 2.24) is 0 Å². The fraction of sp³-hybridized carbons (Fsp3) is 0.429. The SMILES string of the molecule is ClC1=CCC(Cl)(COCC2(Cl)C=CC(Cl)=CC2)C=C1. The lowest BCUT2D eigenvalue weighted by atomic mass is 9.99. The molecule has 0 bridgehead atoms. The summed E-state index contributed by atoms with van der Waals surface area (Å²) in [6.07, 6.45) is 12.4. The third-order valence-electron chi connectivity index (χ3n) is 3.04. The zero-order valence-corrected chi connectivity index (χ0v) is 13.2. The van der Waals surface area contributed by atoms with Crippen LogP contribution in [0.3, 0.4) is 0 Å². The molecule has 0 aromatic heterocycles. The third kappa shape index (κ3) is 4.54. The fourth-order valence-electron chi connectivity index (χ4n) is 1.87. The molecule has 2 rings (SSSR count). The fourth-order valence-corrected chi connectivity index (χ4v) is 2.58. The Balaban J connectivity index is 1.82. The van der Waals surface area contributed by atoms with Crippen LogP contribution in [-0.2, 0) is 4.74 Å². The lowest BCUT2D eigenvalue weighted by molar-refractivity contribution is 0.107. The molecule has 0 heterocycles. The summed E-state index contributed by atoms with van der Waals surface area (Å²) in [6, 6.07) is 0. The van der Waals surface area contributed by atoms with Crippen molar-refractivity contribution >= 4 is 46.4 Å². The predicted molar refractivity (Wildman–Crippen MR) is 83.4 cm³/mol. The minimum Gasteiger partial charge on any atom is -0.377 e. The summed E-state index contributed by atoms with van der Waals surface area (Å²) in [4.78, 5) is -1.06. The maximum absolute atomic E-state index is 6.42. The van der Waals surface area contributed by atoms with Crippen LogP contribution in [0.2, 0.25) is 0 Å². The van der Waals surface area contributed by atoms with Crippen LogP contribution in [0, 0.1) is 0 Å². The second kappa shape index (κ2) is 6.24. The van der Waals surface area contributed by atoms with Crippen molar-refractivity contribution in [2.24, 2.45) is 0 Å². The van der Waals surface area contributed by atoms with Crippen molar-refractivity contribution in [3.8, 4) is 0 Å². The van der Waals surface area contributed by atoms with Gasteiger partial charge < -0.3 is 4.74 Å². The van der Waals surface area contributed by atoms with Gasteiger partial charge in [0.25, 0.3) is 0 Å². The van der Waals surface area contributed by atoms with E-state index in [1.54, 1.807) is 12.2 Å². The van der Waals surface area contributed by atoms with E-state index < -0.39 is 9.75 Å². The van der Waals surface area contributed by atoms with Gasteiger partial charge in [0.2, 0.25) is 0 Å². The Morgan fingerprint density at radius 3 is 1.63 bits per heavy atom. The van der Waals surface area contributed by atoms with E-state index in [4.69, 9.17) is 51.1 Å².